The monoisotopic (exact) mass is 331 g/mol. The Morgan fingerprint density at radius 3 is 2.95 bits per heavy atom. The summed E-state index contributed by atoms with van der Waals surface area (Å²) in [5.74, 6) is 1.09. The molecule has 1 N–H and O–H groups in total. The largest absolute Gasteiger partial charge is 0.310 e. The van der Waals surface area contributed by atoms with Crippen molar-refractivity contribution in [2.75, 3.05) is 12.3 Å². The summed E-state index contributed by atoms with van der Waals surface area (Å²) in [5.41, 5.74) is 3.81. The van der Waals surface area contributed by atoms with Crippen LogP contribution in [0.15, 0.2) is 41.4 Å². The number of nitrogens with one attached hydrogen (secondary N) is 1. The maximum absolute atomic E-state index is 4.53. The van der Waals surface area contributed by atoms with E-state index in [1.807, 2.05) is 11.8 Å². The average molecular weight is 332 g/mol. The van der Waals surface area contributed by atoms with Crippen LogP contribution in [0.3, 0.4) is 0 Å². The zero-order valence-corrected chi connectivity index (χ0v) is 14.4. The van der Waals surface area contributed by atoms with Gasteiger partial charge in [-0.05, 0) is 49.6 Å². The van der Waals surface area contributed by atoms with Crippen LogP contribution in [-0.4, -0.2) is 27.1 Å². The molecule has 5 heteroatoms. The second-order valence-electron chi connectivity index (χ2n) is 5.48. The van der Waals surface area contributed by atoms with Crippen LogP contribution in [0.1, 0.15) is 31.0 Å². The minimum Gasteiger partial charge on any atom is -0.310 e. The number of aromatic nitrogens is 2. The van der Waals surface area contributed by atoms with Crippen LogP contribution >= 0.6 is 23.5 Å². The standard InChI is InChI=1S/C17H21N3S2/c1-13-15(10-5-11-18-13)16-17(20-22-19-16)21-12-6-9-14-7-3-2-4-8-14/h2-4,7-8,10,13,18H,5-6,9,11-12H2,1H3. The first-order chi connectivity index (χ1) is 10.8. The van der Waals surface area contributed by atoms with Crippen LogP contribution in [0, 0.1) is 0 Å². The molecule has 1 unspecified atom stereocenters. The van der Waals surface area contributed by atoms with E-state index in [-0.39, 0.29) is 0 Å². The number of aryl methyl sites for hydroxylation is 1. The molecule has 0 spiro atoms. The first-order valence-corrected chi connectivity index (χ1v) is 9.49. The van der Waals surface area contributed by atoms with Crippen molar-refractivity contribution in [2.24, 2.45) is 0 Å². The first kappa shape index (κ1) is 15.7. The Bertz CT molecular complexity index is 622. The predicted octanol–water partition coefficient (Wildman–Crippen LogP) is 4.03. The van der Waals surface area contributed by atoms with Crippen LogP contribution < -0.4 is 5.32 Å². The highest BCUT2D eigenvalue weighted by Crippen LogP contribution is 2.30. The van der Waals surface area contributed by atoms with Gasteiger partial charge >= 0.3 is 0 Å². The van der Waals surface area contributed by atoms with Crippen molar-refractivity contribution in [2.45, 2.75) is 37.3 Å². The summed E-state index contributed by atoms with van der Waals surface area (Å²) in [5, 5.41) is 4.59. The fourth-order valence-electron chi connectivity index (χ4n) is 2.66. The van der Waals surface area contributed by atoms with Gasteiger partial charge in [0.15, 0.2) is 0 Å². The Hall–Kier alpha value is -1.17. The van der Waals surface area contributed by atoms with Crippen LogP contribution in [0.2, 0.25) is 0 Å². The average Bonchev–Trinajstić information content (AvgIpc) is 3.01. The summed E-state index contributed by atoms with van der Waals surface area (Å²) >= 11 is 3.16. The maximum Gasteiger partial charge on any atom is 0.138 e. The number of nitrogens with zero attached hydrogens (tertiary/aromatic N) is 2. The van der Waals surface area contributed by atoms with Crippen LogP contribution in [0.5, 0.6) is 0 Å². The highest BCUT2D eigenvalue weighted by molar-refractivity contribution is 7.99. The van der Waals surface area contributed by atoms with Gasteiger partial charge in [0.2, 0.25) is 0 Å². The van der Waals surface area contributed by atoms with Crippen molar-refractivity contribution in [3.05, 3.63) is 47.7 Å². The number of rotatable bonds is 6. The molecule has 0 saturated heterocycles. The lowest BCUT2D eigenvalue weighted by molar-refractivity contribution is 0.624. The summed E-state index contributed by atoms with van der Waals surface area (Å²) in [6, 6.07) is 11.0. The number of hydrogen-bond acceptors (Lipinski definition) is 5. The summed E-state index contributed by atoms with van der Waals surface area (Å²) in [6.07, 6.45) is 5.68. The summed E-state index contributed by atoms with van der Waals surface area (Å²) in [4.78, 5) is 0. The molecule has 3 nitrogen and oxygen atoms in total. The van der Waals surface area contributed by atoms with Crippen molar-refractivity contribution >= 4 is 29.1 Å². The van der Waals surface area contributed by atoms with Crippen molar-refractivity contribution in [1.82, 2.24) is 14.1 Å². The lowest BCUT2D eigenvalue weighted by atomic mass is 10.0. The molecule has 1 atom stereocenters. The lowest BCUT2D eigenvalue weighted by Crippen LogP contribution is -2.31. The Kier molecular flexibility index (Phi) is 5.64. The van der Waals surface area contributed by atoms with Crippen LogP contribution in [0.4, 0.5) is 0 Å². The molecule has 0 amide bonds. The van der Waals surface area contributed by atoms with Crippen molar-refractivity contribution < 1.29 is 0 Å². The number of thioether (sulfide) groups is 1. The molecule has 2 aromatic rings. The van der Waals surface area contributed by atoms with E-state index >= 15 is 0 Å². The molecule has 0 bridgehead atoms. The smallest absolute Gasteiger partial charge is 0.138 e. The molecule has 1 aliphatic heterocycles. The Balaban J connectivity index is 1.55. The van der Waals surface area contributed by atoms with E-state index in [1.165, 1.54) is 29.3 Å². The molecule has 0 radical (unpaired) electrons. The number of hydrogen-bond donors (Lipinski definition) is 1. The van der Waals surface area contributed by atoms with Gasteiger partial charge in [-0.2, -0.15) is 8.75 Å². The van der Waals surface area contributed by atoms with E-state index in [0.717, 1.165) is 35.9 Å². The third kappa shape index (κ3) is 3.97. The van der Waals surface area contributed by atoms with E-state index in [2.05, 4.69) is 57.4 Å². The summed E-state index contributed by atoms with van der Waals surface area (Å²) in [6.45, 7) is 3.26. The van der Waals surface area contributed by atoms with Gasteiger partial charge in [-0.25, -0.2) is 0 Å². The quantitative estimate of drug-likeness (QED) is 0.641. The van der Waals surface area contributed by atoms with Crippen LogP contribution in [-0.2, 0) is 6.42 Å². The molecule has 0 fully saturated rings. The second-order valence-corrected chi connectivity index (χ2v) is 7.09. The highest BCUT2D eigenvalue weighted by Gasteiger charge is 2.20. The van der Waals surface area contributed by atoms with E-state index in [1.54, 1.807) is 0 Å². The highest BCUT2D eigenvalue weighted by atomic mass is 32.2. The van der Waals surface area contributed by atoms with Gasteiger partial charge in [-0.15, -0.1) is 11.8 Å². The molecule has 116 valence electrons. The third-order valence-corrected chi connectivity index (χ3v) is 5.54. The minimum absolute atomic E-state index is 0.376. The Labute approximate surface area is 140 Å². The van der Waals surface area contributed by atoms with Gasteiger partial charge in [0.25, 0.3) is 0 Å². The molecular weight excluding hydrogens is 310 g/mol. The molecular formula is C17H21N3S2. The summed E-state index contributed by atoms with van der Waals surface area (Å²) < 4.78 is 9.02. The molecule has 22 heavy (non-hydrogen) atoms. The van der Waals surface area contributed by atoms with Gasteiger partial charge in [0.05, 0.1) is 11.7 Å². The van der Waals surface area contributed by atoms with Crippen molar-refractivity contribution in [3.8, 4) is 0 Å². The van der Waals surface area contributed by atoms with E-state index < -0.39 is 0 Å². The maximum atomic E-state index is 4.53. The molecule has 1 aromatic heterocycles. The SMILES string of the molecule is CC1NCCC=C1c1nsnc1SCCCc1ccccc1. The fraction of sp³-hybridized carbons (Fsp3) is 0.412. The number of benzene rings is 1. The topological polar surface area (TPSA) is 37.8 Å². The fourth-order valence-corrected chi connectivity index (χ4v) is 4.28. The van der Waals surface area contributed by atoms with Gasteiger partial charge in [-0.3, -0.25) is 0 Å². The van der Waals surface area contributed by atoms with Crippen molar-refractivity contribution in [1.29, 1.82) is 0 Å². The van der Waals surface area contributed by atoms with Gasteiger partial charge in [-0.1, -0.05) is 36.4 Å². The summed E-state index contributed by atoms with van der Waals surface area (Å²) in [7, 11) is 0. The van der Waals surface area contributed by atoms with E-state index in [0.29, 0.717) is 6.04 Å². The van der Waals surface area contributed by atoms with Crippen LogP contribution in [0.25, 0.3) is 5.57 Å². The molecule has 1 aromatic carbocycles. The second kappa shape index (κ2) is 7.90. The van der Waals surface area contributed by atoms with Crippen molar-refractivity contribution in [3.63, 3.8) is 0 Å². The van der Waals surface area contributed by atoms with Gasteiger partial charge < -0.3 is 5.32 Å². The zero-order chi connectivity index (χ0) is 15.2. The normalized spacial score (nSPS) is 18.2. The molecule has 1 aliphatic rings. The Morgan fingerprint density at radius 2 is 2.14 bits per heavy atom. The predicted molar refractivity (Wildman–Crippen MR) is 95.5 cm³/mol. The zero-order valence-electron chi connectivity index (χ0n) is 12.8. The Morgan fingerprint density at radius 1 is 1.27 bits per heavy atom. The molecule has 2 heterocycles. The first-order valence-electron chi connectivity index (χ1n) is 7.77. The molecule has 0 saturated carbocycles. The van der Waals surface area contributed by atoms with Gasteiger partial charge in [0, 0.05) is 6.04 Å². The third-order valence-electron chi connectivity index (χ3n) is 3.85. The van der Waals surface area contributed by atoms with Gasteiger partial charge in [0.1, 0.15) is 10.7 Å². The lowest BCUT2D eigenvalue weighted by Gasteiger charge is -2.21. The molecule has 3 rings (SSSR count). The minimum atomic E-state index is 0.376. The van der Waals surface area contributed by atoms with E-state index in [9.17, 15) is 0 Å². The molecule has 0 aliphatic carbocycles. The van der Waals surface area contributed by atoms with E-state index in [4.69, 9.17) is 0 Å².